The van der Waals surface area contributed by atoms with Gasteiger partial charge in [-0.25, -0.2) is 0 Å². The molecule has 0 aliphatic heterocycles. The summed E-state index contributed by atoms with van der Waals surface area (Å²) in [6.07, 6.45) is 2.20. The fourth-order valence-corrected chi connectivity index (χ4v) is 1.89. The van der Waals surface area contributed by atoms with Crippen LogP contribution in [0.4, 0.5) is 0 Å². The van der Waals surface area contributed by atoms with Gasteiger partial charge in [0, 0.05) is 11.1 Å². The third-order valence-electron chi connectivity index (χ3n) is 3.39. The van der Waals surface area contributed by atoms with Crippen molar-refractivity contribution in [1.82, 2.24) is 10.2 Å². The fraction of sp³-hybridized carbons (Fsp3) is 0.625. The predicted octanol–water partition coefficient (Wildman–Crippen LogP) is 2.83. The Morgan fingerprint density at radius 3 is 2.29 bits per heavy atom. The van der Waals surface area contributed by atoms with E-state index in [9.17, 15) is 9.59 Å². The molecular weight excluding hydrogens is 268 g/mol. The van der Waals surface area contributed by atoms with Crippen molar-refractivity contribution >= 4 is 11.8 Å². The molecule has 5 heteroatoms. The first-order chi connectivity index (χ1) is 9.57. The summed E-state index contributed by atoms with van der Waals surface area (Å²) in [4.78, 5) is 26.3. The van der Waals surface area contributed by atoms with Crippen molar-refractivity contribution in [2.75, 3.05) is 6.54 Å². The van der Waals surface area contributed by atoms with Crippen LogP contribution in [0.1, 0.15) is 58.5 Å². The molecule has 1 heterocycles. The monoisotopic (exact) mass is 294 g/mol. The summed E-state index contributed by atoms with van der Waals surface area (Å²) < 4.78 is 5.18. The molecule has 2 amide bonds. The van der Waals surface area contributed by atoms with Crippen LogP contribution in [0.25, 0.3) is 0 Å². The van der Waals surface area contributed by atoms with E-state index in [1.54, 1.807) is 17.0 Å². The minimum Gasteiger partial charge on any atom is -0.459 e. The van der Waals surface area contributed by atoms with Crippen molar-refractivity contribution in [3.8, 4) is 0 Å². The van der Waals surface area contributed by atoms with Crippen molar-refractivity contribution < 1.29 is 14.0 Å². The summed E-state index contributed by atoms with van der Waals surface area (Å²) in [6, 6.07) is 3.28. The topological polar surface area (TPSA) is 62.6 Å². The Labute approximate surface area is 126 Å². The highest BCUT2D eigenvalue weighted by atomic mass is 16.3. The lowest BCUT2D eigenvalue weighted by atomic mass is 9.98. The summed E-state index contributed by atoms with van der Waals surface area (Å²) in [5.41, 5.74) is -0.758. The van der Waals surface area contributed by atoms with Crippen LogP contribution >= 0.6 is 0 Å². The summed E-state index contributed by atoms with van der Waals surface area (Å²) in [5, 5.41) is 2.88. The molecule has 1 rings (SSSR count). The molecule has 1 aromatic rings. The highest BCUT2D eigenvalue weighted by molar-refractivity contribution is 5.94. The predicted molar refractivity (Wildman–Crippen MR) is 82.0 cm³/mol. The van der Waals surface area contributed by atoms with Crippen LogP contribution in [-0.4, -0.2) is 34.3 Å². The zero-order valence-electron chi connectivity index (χ0n) is 13.8. The van der Waals surface area contributed by atoms with E-state index in [1.807, 2.05) is 41.5 Å². The van der Waals surface area contributed by atoms with E-state index in [1.165, 1.54) is 6.26 Å². The van der Waals surface area contributed by atoms with Gasteiger partial charge < -0.3 is 14.6 Å². The molecule has 0 bridgehead atoms. The maximum absolute atomic E-state index is 12.6. The van der Waals surface area contributed by atoms with Crippen molar-refractivity contribution in [2.24, 2.45) is 0 Å². The van der Waals surface area contributed by atoms with Gasteiger partial charge in [-0.3, -0.25) is 9.59 Å². The molecule has 1 aromatic heterocycles. The Hall–Kier alpha value is -1.78. The van der Waals surface area contributed by atoms with E-state index >= 15 is 0 Å². The average Bonchev–Trinajstić information content (AvgIpc) is 2.86. The molecule has 1 N–H and O–H groups in total. The number of carbonyl (C=O) groups is 2. The highest BCUT2D eigenvalue weighted by Gasteiger charge is 2.33. The van der Waals surface area contributed by atoms with Crippen LogP contribution in [0.15, 0.2) is 22.8 Å². The second-order valence-corrected chi connectivity index (χ2v) is 6.83. The minimum absolute atomic E-state index is 0.0116. The number of hydrogen-bond donors (Lipinski definition) is 1. The van der Waals surface area contributed by atoms with E-state index in [0.29, 0.717) is 0 Å². The van der Waals surface area contributed by atoms with Gasteiger partial charge in [-0.1, -0.05) is 6.92 Å². The van der Waals surface area contributed by atoms with Gasteiger partial charge in [0.2, 0.25) is 5.91 Å². The van der Waals surface area contributed by atoms with Gasteiger partial charge in [0.15, 0.2) is 5.76 Å². The number of furan rings is 1. The van der Waals surface area contributed by atoms with E-state index in [0.717, 1.165) is 6.42 Å². The van der Waals surface area contributed by atoms with Crippen molar-refractivity contribution in [2.45, 2.75) is 59.0 Å². The quantitative estimate of drug-likeness (QED) is 0.908. The van der Waals surface area contributed by atoms with Crippen LogP contribution in [0.2, 0.25) is 0 Å². The zero-order valence-corrected chi connectivity index (χ0v) is 13.8. The molecule has 0 unspecified atom stereocenters. The number of nitrogens with one attached hydrogen (secondary N) is 1. The average molecular weight is 294 g/mol. The molecule has 0 radical (unpaired) electrons. The molecule has 0 aromatic carbocycles. The van der Waals surface area contributed by atoms with Gasteiger partial charge >= 0.3 is 0 Å². The van der Waals surface area contributed by atoms with Gasteiger partial charge in [-0.2, -0.15) is 0 Å². The van der Waals surface area contributed by atoms with Crippen LogP contribution < -0.4 is 5.32 Å². The number of hydrogen-bond acceptors (Lipinski definition) is 3. The zero-order chi connectivity index (χ0) is 16.3. The molecule has 0 saturated carbocycles. The lowest BCUT2D eigenvalue weighted by Crippen LogP contribution is -2.53. The van der Waals surface area contributed by atoms with Crippen LogP contribution in [-0.2, 0) is 4.79 Å². The first kappa shape index (κ1) is 17.3. The molecule has 118 valence electrons. The molecule has 0 atom stereocenters. The number of carbonyl (C=O) groups excluding carboxylic acids is 2. The highest BCUT2D eigenvalue weighted by Crippen LogP contribution is 2.21. The number of nitrogens with zero attached hydrogens (tertiary/aromatic N) is 1. The molecule has 0 aliphatic carbocycles. The molecule has 0 saturated heterocycles. The Balaban J connectivity index is 2.94. The molecule has 0 spiro atoms. The first-order valence-corrected chi connectivity index (χ1v) is 7.23. The van der Waals surface area contributed by atoms with Gasteiger partial charge in [-0.15, -0.1) is 0 Å². The van der Waals surface area contributed by atoms with E-state index in [2.05, 4.69) is 5.32 Å². The van der Waals surface area contributed by atoms with Gasteiger partial charge in [-0.05, 0) is 53.2 Å². The van der Waals surface area contributed by atoms with Crippen LogP contribution in [0, 0.1) is 0 Å². The minimum atomic E-state index is -0.431. The third kappa shape index (κ3) is 4.92. The maximum Gasteiger partial charge on any atom is 0.290 e. The largest absolute Gasteiger partial charge is 0.459 e. The smallest absolute Gasteiger partial charge is 0.290 e. The Morgan fingerprint density at radius 1 is 1.24 bits per heavy atom. The lowest BCUT2D eigenvalue weighted by Gasteiger charge is -2.37. The van der Waals surface area contributed by atoms with Gasteiger partial charge in [0.1, 0.15) is 6.54 Å². The van der Waals surface area contributed by atoms with Crippen molar-refractivity contribution in [3.05, 3.63) is 24.2 Å². The van der Waals surface area contributed by atoms with Gasteiger partial charge in [0.25, 0.3) is 5.91 Å². The van der Waals surface area contributed by atoms with E-state index in [4.69, 9.17) is 4.42 Å². The second kappa shape index (κ2) is 6.33. The van der Waals surface area contributed by atoms with Crippen LogP contribution in [0.5, 0.6) is 0 Å². The lowest BCUT2D eigenvalue weighted by molar-refractivity contribution is -0.124. The van der Waals surface area contributed by atoms with E-state index < -0.39 is 5.54 Å². The van der Waals surface area contributed by atoms with E-state index in [-0.39, 0.29) is 29.7 Å². The molecule has 0 aliphatic rings. The second-order valence-electron chi connectivity index (χ2n) is 6.83. The molecule has 0 fully saturated rings. The Kier molecular flexibility index (Phi) is 5.20. The molecule has 5 nitrogen and oxygen atoms in total. The summed E-state index contributed by atoms with van der Waals surface area (Å²) in [6.45, 7) is 11.6. The number of amides is 2. The summed E-state index contributed by atoms with van der Waals surface area (Å²) >= 11 is 0. The van der Waals surface area contributed by atoms with Gasteiger partial charge in [0.05, 0.1) is 6.26 Å². The summed E-state index contributed by atoms with van der Waals surface area (Å²) in [7, 11) is 0. The maximum atomic E-state index is 12.6. The SMILES string of the molecule is CCC(C)(C)N(CC(=O)NC(C)(C)C)C(=O)c1ccco1. The van der Waals surface area contributed by atoms with Crippen LogP contribution in [0.3, 0.4) is 0 Å². The Bertz CT molecular complexity index is 484. The fourth-order valence-electron chi connectivity index (χ4n) is 1.89. The standard InChI is InChI=1S/C16H26N2O3/c1-7-16(5,6)18(11-13(19)17-15(2,3)4)14(20)12-9-8-10-21-12/h8-10H,7,11H2,1-6H3,(H,17,19). The normalized spacial score (nSPS) is 12.1. The van der Waals surface area contributed by atoms with Crippen molar-refractivity contribution in [3.63, 3.8) is 0 Å². The first-order valence-electron chi connectivity index (χ1n) is 7.23. The molecule has 21 heavy (non-hydrogen) atoms. The third-order valence-corrected chi connectivity index (χ3v) is 3.39. The summed E-state index contributed by atoms with van der Waals surface area (Å²) in [5.74, 6) is -0.195. The van der Waals surface area contributed by atoms with Crippen molar-refractivity contribution in [1.29, 1.82) is 0 Å². The molecular formula is C16H26N2O3. The Morgan fingerprint density at radius 2 is 1.86 bits per heavy atom. The number of rotatable bonds is 5.